The molecule has 1 aliphatic heterocycles. The van der Waals surface area contributed by atoms with Crippen LogP contribution in [0, 0.1) is 5.92 Å². The molecule has 1 amide bonds. The van der Waals surface area contributed by atoms with Gasteiger partial charge >= 0.3 is 0 Å². The van der Waals surface area contributed by atoms with Gasteiger partial charge in [-0.2, -0.15) is 0 Å². The van der Waals surface area contributed by atoms with Gasteiger partial charge in [-0.25, -0.2) is 0 Å². The molecule has 1 atom stereocenters. The van der Waals surface area contributed by atoms with Crippen LogP contribution < -0.4 is 0 Å². The van der Waals surface area contributed by atoms with Crippen LogP contribution >= 0.6 is 0 Å². The number of hydrogen-bond donors (Lipinski definition) is 1. The third-order valence-corrected chi connectivity index (χ3v) is 7.32. The maximum Gasteiger partial charge on any atom is 0.236 e. The Morgan fingerprint density at radius 3 is 2.66 bits per heavy atom. The van der Waals surface area contributed by atoms with E-state index >= 15 is 0 Å². The molecule has 1 fully saturated rings. The molecule has 0 spiro atoms. The number of pyridine rings is 1. The molecule has 0 bridgehead atoms. The van der Waals surface area contributed by atoms with Gasteiger partial charge in [-0.3, -0.25) is 14.7 Å². The number of nitrogens with one attached hydrogen (secondary N) is 1. The third kappa shape index (κ3) is 4.28. The number of nitrogens with zero attached hydrogens (tertiary/aromatic N) is 3. The number of carbonyl (C=O) groups excluding carboxylic acids is 1. The fourth-order valence-electron chi connectivity index (χ4n) is 5.26. The Kier molecular flexibility index (Phi) is 5.50. The lowest BCUT2D eigenvalue weighted by molar-refractivity contribution is -0.134. The van der Waals surface area contributed by atoms with Gasteiger partial charge in [0, 0.05) is 61.4 Å². The maximum atomic E-state index is 12.0. The highest BCUT2D eigenvalue weighted by atomic mass is 16.2. The molecule has 5 heteroatoms. The van der Waals surface area contributed by atoms with Crippen LogP contribution in [0.5, 0.6) is 0 Å². The zero-order valence-corrected chi connectivity index (χ0v) is 20.3. The molecule has 2 aliphatic rings. The van der Waals surface area contributed by atoms with Crippen molar-refractivity contribution in [1.29, 1.82) is 0 Å². The number of allylic oxidation sites excluding steroid dienone is 1. The van der Waals surface area contributed by atoms with Gasteiger partial charge in [0.2, 0.25) is 5.91 Å². The molecule has 35 heavy (non-hydrogen) atoms. The zero-order chi connectivity index (χ0) is 23.9. The van der Waals surface area contributed by atoms with E-state index in [9.17, 15) is 4.79 Å². The average Bonchev–Trinajstić information content (AvgIpc) is 3.34. The molecule has 6 rings (SSSR count). The van der Waals surface area contributed by atoms with Crippen molar-refractivity contribution in [3.63, 3.8) is 0 Å². The number of hydrogen-bond acceptors (Lipinski definition) is 3. The fourth-order valence-corrected chi connectivity index (χ4v) is 5.26. The van der Waals surface area contributed by atoms with Crippen LogP contribution in [0.1, 0.15) is 29.3 Å². The van der Waals surface area contributed by atoms with E-state index in [-0.39, 0.29) is 5.91 Å². The largest absolute Gasteiger partial charge is 0.361 e. The predicted molar refractivity (Wildman–Crippen MR) is 141 cm³/mol. The number of fused-ring (bicyclic) bond motifs is 2. The number of benzene rings is 2. The highest BCUT2D eigenvalue weighted by molar-refractivity contribution is 5.90. The number of carbonyl (C=O) groups is 1. The highest BCUT2D eigenvalue weighted by Crippen LogP contribution is 2.36. The second-order valence-corrected chi connectivity index (χ2v) is 9.98. The molecule has 1 unspecified atom stereocenters. The van der Waals surface area contributed by atoms with Crippen LogP contribution in [0.2, 0.25) is 0 Å². The molecule has 1 saturated heterocycles. The smallest absolute Gasteiger partial charge is 0.236 e. The van der Waals surface area contributed by atoms with Crippen LogP contribution in [-0.2, 0) is 17.8 Å². The fraction of sp³-hybridized carbons (Fsp3) is 0.267. The molecular weight excluding hydrogens is 432 g/mol. The SMILES string of the molecule is CC1C=C(c2ccc3[nH]ccc3c2)c2cc(-c3ccc(CN4CCN(C)C(=O)C4)cc3)cnc2C1. The van der Waals surface area contributed by atoms with Gasteiger partial charge in [-0.15, -0.1) is 0 Å². The molecule has 1 aliphatic carbocycles. The van der Waals surface area contributed by atoms with Crippen molar-refractivity contribution in [2.24, 2.45) is 5.92 Å². The van der Waals surface area contributed by atoms with Crippen LogP contribution in [0.3, 0.4) is 0 Å². The molecule has 2 aromatic heterocycles. The van der Waals surface area contributed by atoms with Crippen molar-refractivity contribution >= 4 is 22.4 Å². The number of aromatic nitrogens is 2. The van der Waals surface area contributed by atoms with E-state index < -0.39 is 0 Å². The summed E-state index contributed by atoms with van der Waals surface area (Å²) in [7, 11) is 1.88. The standard InChI is InChI=1S/C30H30N4O/c1-20-13-26(23-7-8-28-24(15-23)9-10-31-28)27-16-25(17-32-29(27)14-20)22-5-3-21(4-6-22)18-34-12-11-33(2)30(35)19-34/h3-10,13,15-17,20,31H,11-12,14,18-19H2,1-2H3. The van der Waals surface area contributed by atoms with E-state index in [4.69, 9.17) is 4.98 Å². The van der Waals surface area contributed by atoms with Crippen molar-refractivity contribution in [1.82, 2.24) is 19.8 Å². The van der Waals surface area contributed by atoms with E-state index in [0.717, 1.165) is 42.7 Å². The Bertz CT molecular complexity index is 1430. The summed E-state index contributed by atoms with van der Waals surface area (Å²) in [5.41, 5.74) is 9.59. The number of piperazine rings is 1. The first-order chi connectivity index (χ1) is 17.0. The monoisotopic (exact) mass is 462 g/mol. The normalized spacial score (nSPS) is 18.6. The zero-order valence-electron chi connectivity index (χ0n) is 20.3. The summed E-state index contributed by atoms with van der Waals surface area (Å²) in [4.78, 5) is 24.2. The van der Waals surface area contributed by atoms with Crippen molar-refractivity contribution in [2.45, 2.75) is 19.9 Å². The summed E-state index contributed by atoms with van der Waals surface area (Å²) in [6.07, 6.45) is 7.36. The molecule has 0 saturated carbocycles. The van der Waals surface area contributed by atoms with Crippen molar-refractivity contribution in [2.75, 3.05) is 26.7 Å². The minimum Gasteiger partial charge on any atom is -0.361 e. The van der Waals surface area contributed by atoms with Crippen LogP contribution in [0.4, 0.5) is 0 Å². The van der Waals surface area contributed by atoms with Gasteiger partial charge in [0.25, 0.3) is 0 Å². The van der Waals surface area contributed by atoms with E-state index in [1.165, 1.54) is 33.3 Å². The van der Waals surface area contributed by atoms with Gasteiger partial charge in [-0.05, 0) is 64.3 Å². The lowest BCUT2D eigenvalue weighted by Gasteiger charge is -2.31. The summed E-state index contributed by atoms with van der Waals surface area (Å²) in [6, 6.07) is 19.8. The molecule has 5 nitrogen and oxygen atoms in total. The number of rotatable bonds is 4. The van der Waals surface area contributed by atoms with E-state index in [0.29, 0.717) is 12.5 Å². The number of amides is 1. The van der Waals surface area contributed by atoms with Crippen LogP contribution in [0.15, 0.2) is 73.1 Å². The Morgan fingerprint density at radius 1 is 1.00 bits per heavy atom. The van der Waals surface area contributed by atoms with Gasteiger partial charge in [-0.1, -0.05) is 43.3 Å². The molecule has 0 radical (unpaired) electrons. The number of likely N-dealkylation sites (N-methyl/N-ethyl adjacent to an activating group) is 1. The minimum absolute atomic E-state index is 0.196. The van der Waals surface area contributed by atoms with Crippen molar-refractivity contribution in [3.05, 3.63) is 95.5 Å². The van der Waals surface area contributed by atoms with E-state index in [2.05, 4.69) is 77.5 Å². The van der Waals surface area contributed by atoms with Crippen molar-refractivity contribution < 1.29 is 4.79 Å². The van der Waals surface area contributed by atoms with Gasteiger partial charge in [0.1, 0.15) is 0 Å². The second-order valence-electron chi connectivity index (χ2n) is 9.98. The summed E-state index contributed by atoms with van der Waals surface area (Å²) >= 11 is 0. The lowest BCUT2D eigenvalue weighted by atomic mass is 9.84. The number of H-pyrrole nitrogens is 1. The van der Waals surface area contributed by atoms with Crippen LogP contribution in [-0.4, -0.2) is 52.4 Å². The summed E-state index contributed by atoms with van der Waals surface area (Å²) in [6.45, 7) is 5.27. The molecule has 3 heterocycles. The van der Waals surface area contributed by atoms with E-state index in [1.807, 2.05) is 24.3 Å². The van der Waals surface area contributed by atoms with E-state index in [1.54, 1.807) is 0 Å². The predicted octanol–water partition coefficient (Wildman–Crippen LogP) is 5.13. The first kappa shape index (κ1) is 21.8. The summed E-state index contributed by atoms with van der Waals surface area (Å²) in [5.74, 6) is 0.653. The Balaban J connectivity index is 1.27. The molecule has 176 valence electrons. The molecule has 2 aromatic carbocycles. The Labute approximate surface area is 206 Å². The second kappa shape index (κ2) is 8.82. The summed E-state index contributed by atoms with van der Waals surface area (Å²) < 4.78 is 0. The summed E-state index contributed by atoms with van der Waals surface area (Å²) in [5, 5.41) is 1.23. The van der Waals surface area contributed by atoms with Gasteiger partial charge in [0.05, 0.1) is 6.54 Å². The first-order valence-electron chi connectivity index (χ1n) is 12.4. The minimum atomic E-state index is 0.196. The molecule has 4 aromatic rings. The van der Waals surface area contributed by atoms with Gasteiger partial charge in [0.15, 0.2) is 0 Å². The molecular formula is C30H30N4O. The average molecular weight is 463 g/mol. The third-order valence-electron chi connectivity index (χ3n) is 7.32. The Hall–Kier alpha value is -3.70. The van der Waals surface area contributed by atoms with Crippen molar-refractivity contribution in [3.8, 4) is 11.1 Å². The first-order valence-corrected chi connectivity index (χ1v) is 12.4. The molecule has 1 N–H and O–H groups in total. The highest BCUT2D eigenvalue weighted by Gasteiger charge is 2.22. The number of aromatic amines is 1. The maximum absolute atomic E-state index is 12.0. The lowest BCUT2D eigenvalue weighted by Crippen LogP contribution is -2.47. The topological polar surface area (TPSA) is 52.2 Å². The van der Waals surface area contributed by atoms with Crippen LogP contribution in [0.25, 0.3) is 27.6 Å². The quantitative estimate of drug-likeness (QED) is 0.458. The Morgan fingerprint density at radius 2 is 1.83 bits per heavy atom. The van der Waals surface area contributed by atoms with Gasteiger partial charge < -0.3 is 9.88 Å².